The molecule has 11 heteroatoms. The molecule has 0 saturated heterocycles. The number of nitrogens with zero attached hydrogens (tertiary/aromatic N) is 4. The quantitative estimate of drug-likeness (QED) is 0.186. The molecule has 0 aliphatic carbocycles. The maximum absolute atomic E-state index is 13.6. The van der Waals surface area contributed by atoms with Crippen LogP contribution < -0.4 is 16.4 Å². The number of aryl methyl sites for hydroxylation is 1. The predicted molar refractivity (Wildman–Crippen MR) is 170 cm³/mol. The maximum Gasteiger partial charge on any atom is 0.268 e. The number of nitrogens with one attached hydrogen (secondary N) is 2. The Balaban J connectivity index is 1.36. The number of nitrogens with two attached hydrogens (primary N) is 1. The fraction of sp³-hybridized carbons (Fsp3) is 0.0303. The number of rotatable bonds is 7. The van der Waals surface area contributed by atoms with E-state index in [0.717, 1.165) is 5.56 Å². The van der Waals surface area contributed by atoms with Crippen molar-refractivity contribution in [3.05, 3.63) is 126 Å². The van der Waals surface area contributed by atoms with Crippen LogP contribution in [0.3, 0.4) is 0 Å². The molecule has 0 aliphatic heterocycles. The molecular weight excluding hydrogens is 574 g/mol. The van der Waals surface area contributed by atoms with E-state index in [9.17, 15) is 18.5 Å². The summed E-state index contributed by atoms with van der Waals surface area (Å²) in [6.45, 7) is 1.87. The number of nitriles is 1. The van der Waals surface area contributed by atoms with Gasteiger partial charge in [0.2, 0.25) is 5.95 Å². The zero-order valence-electron chi connectivity index (χ0n) is 23.4. The summed E-state index contributed by atoms with van der Waals surface area (Å²) < 4.78 is 28.4. The van der Waals surface area contributed by atoms with Gasteiger partial charge in [-0.25, -0.2) is 22.4 Å². The first kappa shape index (κ1) is 28.1. The van der Waals surface area contributed by atoms with Crippen LogP contribution in [0, 0.1) is 18.3 Å². The molecule has 2 heterocycles. The lowest BCUT2D eigenvalue weighted by molar-refractivity contribution is 0.102. The van der Waals surface area contributed by atoms with E-state index in [0.29, 0.717) is 39.1 Å². The second kappa shape index (κ2) is 11.4. The van der Waals surface area contributed by atoms with E-state index in [2.05, 4.69) is 26.7 Å². The topological polar surface area (TPSA) is 156 Å². The Hall–Kier alpha value is -5.99. The number of benzene rings is 4. The van der Waals surface area contributed by atoms with E-state index in [4.69, 9.17) is 5.73 Å². The first-order valence-corrected chi connectivity index (χ1v) is 14.9. The number of hydrogen-bond acceptors (Lipinski definition) is 8. The van der Waals surface area contributed by atoms with Gasteiger partial charge < -0.3 is 16.4 Å². The number of amides is 1. The summed E-state index contributed by atoms with van der Waals surface area (Å²) in [6.07, 6.45) is 2.87. The summed E-state index contributed by atoms with van der Waals surface area (Å²) in [5.41, 5.74) is 10.1. The molecule has 10 nitrogen and oxygen atoms in total. The van der Waals surface area contributed by atoms with Gasteiger partial charge in [0, 0.05) is 39.8 Å². The SMILES string of the molecule is Cc1ccc(Nc2ncc(C#N)c(-c3cn(S(=O)(=O)c4ccccc4)c4ccccc34)n2)cc1NC(=O)c1ccc(N)cc1. The molecule has 0 bridgehead atoms. The molecule has 0 atom stereocenters. The summed E-state index contributed by atoms with van der Waals surface area (Å²) in [5, 5.41) is 16.6. The molecule has 0 aliphatic rings. The Morgan fingerprint density at radius 2 is 1.68 bits per heavy atom. The third-order valence-electron chi connectivity index (χ3n) is 7.06. The summed E-state index contributed by atoms with van der Waals surface area (Å²) in [6, 6.07) is 29.3. The first-order chi connectivity index (χ1) is 21.2. The minimum atomic E-state index is -3.94. The van der Waals surface area contributed by atoms with Crippen molar-refractivity contribution in [2.75, 3.05) is 16.4 Å². The lowest BCUT2D eigenvalue weighted by atomic mass is 10.1. The Morgan fingerprint density at radius 3 is 2.43 bits per heavy atom. The summed E-state index contributed by atoms with van der Waals surface area (Å²) in [5.74, 6) is -0.106. The summed E-state index contributed by atoms with van der Waals surface area (Å²) >= 11 is 0. The lowest BCUT2D eigenvalue weighted by Crippen LogP contribution is -2.13. The van der Waals surface area contributed by atoms with Crippen molar-refractivity contribution < 1.29 is 13.2 Å². The third kappa shape index (κ3) is 5.33. The minimum Gasteiger partial charge on any atom is -0.399 e. The fourth-order valence-electron chi connectivity index (χ4n) is 4.77. The van der Waals surface area contributed by atoms with Crippen molar-refractivity contribution in [2.45, 2.75) is 11.8 Å². The Bertz CT molecular complexity index is 2190. The van der Waals surface area contributed by atoms with Crippen molar-refractivity contribution in [3.63, 3.8) is 0 Å². The number of aromatic nitrogens is 3. The largest absolute Gasteiger partial charge is 0.399 e. The fourth-order valence-corrected chi connectivity index (χ4v) is 6.16. The number of carbonyl (C=O) groups is 1. The average molecular weight is 600 g/mol. The third-order valence-corrected chi connectivity index (χ3v) is 8.75. The van der Waals surface area contributed by atoms with Gasteiger partial charge in [0.05, 0.1) is 27.9 Å². The van der Waals surface area contributed by atoms with Gasteiger partial charge in [-0.15, -0.1) is 0 Å². The van der Waals surface area contributed by atoms with Crippen LogP contribution in [0.5, 0.6) is 0 Å². The number of carbonyl (C=O) groups excluding carboxylic acids is 1. The highest BCUT2D eigenvalue weighted by molar-refractivity contribution is 7.90. The van der Waals surface area contributed by atoms with Crippen LogP contribution in [-0.4, -0.2) is 28.3 Å². The van der Waals surface area contributed by atoms with Gasteiger partial charge in [-0.3, -0.25) is 4.79 Å². The molecule has 4 N–H and O–H groups in total. The van der Waals surface area contributed by atoms with Gasteiger partial charge >= 0.3 is 0 Å². The van der Waals surface area contributed by atoms with Crippen molar-refractivity contribution in [3.8, 4) is 17.3 Å². The van der Waals surface area contributed by atoms with E-state index >= 15 is 0 Å². The zero-order valence-corrected chi connectivity index (χ0v) is 24.2. The minimum absolute atomic E-state index is 0.136. The number of nitrogen functional groups attached to an aromatic ring is 1. The van der Waals surface area contributed by atoms with Crippen LogP contribution in [0.2, 0.25) is 0 Å². The highest BCUT2D eigenvalue weighted by atomic mass is 32.2. The van der Waals surface area contributed by atoms with Crippen molar-refractivity contribution in [1.29, 1.82) is 5.26 Å². The van der Waals surface area contributed by atoms with Crippen LogP contribution in [0.25, 0.3) is 22.2 Å². The predicted octanol–water partition coefficient (Wildman–Crippen LogP) is 6.09. The molecule has 0 radical (unpaired) electrons. The smallest absolute Gasteiger partial charge is 0.268 e. The van der Waals surface area contributed by atoms with Gasteiger partial charge in [-0.05, 0) is 67.1 Å². The Kier molecular flexibility index (Phi) is 7.26. The van der Waals surface area contributed by atoms with E-state index in [1.807, 2.05) is 19.1 Å². The van der Waals surface area contributed by atoms with E-state index in [1.54, 1.807) is 72.8 Å². The number of anilines is 4. The first-order valence-electron chi connectivity index (χ1n) is 13.5. The standard InChI is InChI=1S/C33H25N7O3S/c1-21-11-16-25(17-29(21)38-32(41)22-12-14-24(35)15-13-22)37-33-36-19-23(18-34)31(39-33)28-20-40(30-10-6-5-9-27(28)30)44(42,43)26-7-3-2-4-8-26/h2-17,19-20H,35H2,1H3,(H,38,41)(H,36,37,39). The van der Waals surface area contributed by atoms with Crippen LogP contribution in [0.4, 0.5) is 23.0 Å². The molecule has 6 aromatic rings. The van der Waals surface area contributed by atoms with Crippen LogP contribution in [-0.2, 0) is 10.0 Å². The van der Waals surface area contributed by atoms with Gasteiger partial charge in [0.25, 0.3) is 15.9 Å². The molecule has 0 fully saturated rings. The highest BCUT2D eigenvalue weighted by Crippen LogP contribution is 2.34. The summed E-state index contributed by atoms with van der Waals surface area (Å²) in [4.78, 5) is 21.9. The number of fused-ring (bicyclic) bond motifs is 1. The van der Waals surface area contributed by atoms with Crippen molar-refractivity contribution >= 4 is 49.8 Å². The highest BCUT2D eigenvalue weighted by Gasteiger charge is 2.23. The number of para-hydroxylation sites is 1. The van der Waals surface area contributed by atoms with Crippen molar-refractivity contribution in [2.24, 2.45) is 0 Å². The molecule has 0 spiro atoms. The Labute approximate surface area is 253 Å². The monoisotopic (exact) mass is 599 g/mol. The molecule has 216 valence electrons. The van der Waals surface area contributed by atoms with Crippen LogP contribution in [0.1, 0.15) is 21.5 Å². The van der Waals surface area contributed by atoms with Crippen molar-refractivity contribution in [1.82, 2.24) is 13.9 Å². The normalized spacial score (nSPS) is 11.2. The van der Waals surface area contributed by atoms with E-state index < -0.39 is 10.0 Å². The van der Waals surface area contributed by atoms with E-state index in [1.165, 1.54) is 28.5 Å². The van der Waals surface area contributed by atoms with Crippen LogP contribution >= 0.6 is 0 Å². The van der Waals surface area contributed by atoms with Gasteiger partial charge in [0.15, 0.2) is 0 Å². The average Bonchev–Trinajstić information content (AvgIpc) is 3.44. The summed E-state index contributed by atoms with van der Waals surface area (Å²) in [7, 11) is -3.94. The second-order valence-electron chi connectivity index (χ2n) is 9.97. The van der Waals surface area contributed by atoms with Crippen LogP contribution in [0.15, 0.2) is 114 Å². The Morgan fingerprint density at radius 1 is 0.955 bits per heavy atom. The maximum atomic E-state index is 13.6. The molecule has 2 aromatic heterocycles. The van der Waals surface area contributed by atoms with Gasteiger partial charge in [0.1, 0.15) is 6.07 Å². The molecule has 4 aromatic carbocycles. The van der Waals surface area contributed by atoms with Gasteiger partial charge in [-0.2, -0.15) is 5.26 Å². The molecule has 1 amide bonds. The van der Waals surface area contributed by atoms with E-state index in [-0.39, 0.29) is 28.0 Å². The molecule has 44 heavy (non-hydrogen) atoms. The molecule has 0 unspecified atom stereocenters. The zero-order chi connectivity index (χ0) is 30.8. The second-order valence-corrected chi connectivity index (χ2v) is 11.8. The lowest BCUT2D eigenvalue weighted by Gasteiger charge is -2.12. The molecular formula is C33H25N7O3S. The molecule has 0 saturated carbocycles. The van der Waals surface area contributed by atoms with Gasteiger partial charge in [-0.1, -0.05) is 42.5 Å². The molecule has 6 rings (SSSR count). The number of hydrogen-bond donors (Lipinski definition) is 3.